The molecule has 2 aromatic rings. The first-order valence-electron chi connectivity index (χ1n) is 8.66. The molecule has 1 aliphatic rings. The lowest BCUT2D eigenvalue weighted by Gasteiger charge is -2.19. The van der Waals surface area contributed by atoms with Crippen LogP contribution in [0, 0.1) is 13.8 Å². The number of benzene rings is 1. The van der Waals surface area contributed by atoms with Gasteiger partial charge in [0.05, 0.1) is 10.7 Å². The molecule has 0 aliphatic heterocycles. The van der Waals surface area contributed by atoms with Crippen LogP contribution in [0.25, 0.3) is 0 Å². The lowest BCUT2D eigenvalue weighted by atomic mass is 9.96. The average molecular weight is 377 g/mol. The van der Waals surface area contributed by atoms with Crippen LogP contribution in [-0.2, 0) is 11.8 Å². The maximum atomic E-state index is 6.15. The molecule has 1 aliphatic carbocycles. The average Bonchev–Trinajstić information content (AvgIpc) is 3.32. The minimum absolute atomic E-state index is 0.200. The predicted molar refractivity (Wildman–Crippen MR) is 107 cm³/mol. The van der Waals surface area contributed by atoms with Gasteiger partial charge in [0.1, 0.15) is 0 Å². The van der Waals surface area contributed by atoms with Gasteiger partial charge in [-0.05, 0) is 44.4 Å². The van der Waals surface area contributed by atoms with Crippen LogP contribution in [0.1, 0.15) is 34.0 Å². The number of aromatic nitrogens is 1. The van der Waals surface area contributed by atoms with Gasteiger partial charge in [-0.15, -0.1) is 11.3 Å². The standard InChI is InChI=1S/C19H25ClN4S/c1-13-14(2)25-17(24-13)7-10-22-18(21-3)23-12-19(8-9-19)15-5-4-6-16(20)11-15/h4-6,11H,7-10,12H2,1-3H3,(H2,21,22,23). The normalized spacial score (nSPS) is 15.9. The van der Waals surface area contributed by atoms with E-state index in [1.54, 1.807) is 11.3 Å². The van der Waals surface area contributed by atoms with E-state index in [0.29, 0.717) is 0 Å². The molecule has 1 fully saturated rings. The van der Waals surface area contributed by atoms with Crippen LogP contribution < -0.4 is 10.6 Å². The van der Waals surface area contributed by atoms with Crippen molar-refractivity contribution in [1.82, 2.24) is 15.6 Å². The van der Waals surface area contributed by atoms with E-state index in [9.17, 15) is 0 Å². The van der Waals surface area contributed by atoms with E-state index in [0.717, 1.165) is 36.2 Å². The number of nitrogens with one attached hydrogen (secondary N) is 2. The molecular weight excluding hydrogens is 352 g/mol. The highest BCUT2D eigenvalue weighted by Gasteiger charge is 2.44. The van der Waals surface area contributed by atoms with Gasteiger partial charge in [0.25, 0.3) is 0 Å². The van der Waals surface area contributed by atoms with Gasteiger partial charge in [0.15, 0.2) is 5.96 Å². The summed E-state index contributed by atoms with van der Waals surface area (Å²) in [7, 11) is 1.81. The van der Waals surface area contributed by atoms with Crippen molar-refractivity contribution in [3.05, 3.63) is 50.4 Å². The molecule has 25 heavy (non-hydrogen) atoms. The first-order valence-corrected chi connectivity index (χ1v) is 9.85. The molecule has 134 valence electrons. The third kappa shape index (κ3) is 4.53. The summed E-state index contributed by atoms with van der Waals surface area (Å²) in [6.45, 7) is 5.89. The highest BCUT2D eigenvalue weighted by atomic mass is 35.5. The number of nitrogens with zero attached hydrogens (tertiary/aromatic N) is 2. The number of aryl methyl sites for hydroxylation is 2. The molecule has 0 unspecified atom stereocenters. The van der Waals surface area contributed by atoms with Crippen molar-refractivity contribution < 1.29 is 0 Å². The van der Waals surface area contributed by atoms with E-state index in [1.807, 2.05) is 19.2 Å². The maximum absolute atomic E-state index is 6.15. The monoisotopic (exact) mass is 376 g/mol. The van der Waals surface area contributed by atoms with Crippen molar-refractivity contribution in [2.24, 2.45) is 4.99 Å². The Morgan fingerprint density at radius 3 is 2.72 bits per heavy atom. The largest absolute Gasteiger partial charge is 0.356 e. The molecule has 2 N–H and O–H groups in total. The summed E-state index contributed by atoms with van der Waals surface area (Å²) in [5.41, 5.74) is 2.66. The molecule has 0 spiro atoms. The Labute approximate surface area is 158 Å². The van der Waals surface area contributed by atoms with Crippen LogP contribution in [0.5, 0.6) is 0 Å². The van der Waals surface area contributed by atoms with E-state index in [4.69, 9.17) is 11.6 Å². The van der Waals surface area contributed by atoms with Gasteiger partial charge < -0.3 is 10.6 Å². The zero-order valence-corrected chi connectivity index (χ0v) is 16.6. The second kappa shape index (κ2) is 7.75. The number of aliphatic imine (C=N–C) groups is 1. The number of guanidine groups is 1. The fourth-order valence-corrected chi connectivity index (χ4v) is 4.07. The van der Waals surface area contributed by atoms with Gasteiger partial charge in [-0.3, -0.25) is 4.99 Å². The number of thiazole rings is 1. The first kappa shape index (κ1) is 18.2. The molecule has 0 atom stereocenters. The summed E-state index contributed by atoms with van der Waals surface area (Å²) in [5.74, 6) is 0.846. The Morgan fingerprint density at radius 2 is 2.12 bits per heavy atom. The van der Waals surface area contributed by atoms with Crippen LogP contribution in [0.4, 0.5) is 0 Å². The van der Waals surface area contributed by atoms with Crippen molar-refractivity contribution in [2.75, 3.05) is 20.1 Å². The van der Waals surface area contributed by atoms with Gasteiger partial charge in [-0.1, -0.05) is 23.7 Å². The molecule has 0 saturated heterocycles. The number of rotatable bonds is 6. The Balaban J connectivity index is 1.49. The van der Waals surface area contributed by atoms with Crippen molar-refractivity contribution >= 4 is 28.9 Å². The van der Waals surface area contributed by atoms with Crippen LogP contribution in [0.2, 0.25) is 5.02 Å². The van der Waals surface area contributed by atoms with Crippen molar-refractivity contribution in [2.45, 2.75) is 38.5 Å². The SMILES string of the molecule is CN=C(NCCc1nc(C)c(C)s1)NCC1(c2cccc(Cl)c2)CC1. The van der Waals surface area contributed by atoms with Gasteiger partial charge >= 0.3 is 0 Å². The highest BCUT2D eigenvalue weighted by molar-refractivity contribution is 7.11. The summed E-state index contributed by atoms with van der Waals surface area (Å²) in [6.07, 6.45) is 3.30. The van der Waals surface area contributed by atoms with E-state index in [1.165, 1.54) is 28.3 Å². The Kier molecular flexibility index (Phi) is 5.64. The molecule has 1 saturated carbocycles. The Bertz CT molecular complexity index is 745. The second-order valence-electron chi connectivity index (χ2n) is 6.64. The van der Waals surface area contributed by atoms with Gasteiger partial charge in [-0.2, -0.15) is 0 Å². The molecule has 6 heteroatoms. The summed E-state index contributed by atoms with van der Waals surface area (Å²) in [4.78, 5) is 10.2. The lowest BCUT2D eigenvalue weighted by molar-refractivity contribution is 0.645. The van der Waals surface area contributed by atoms with Crippen molar-refractivity contribution in [3.8, 4) is 0 Å². The third-order valence-corrected chi connectivity index (χ3v) is 6.18. The predicted octanol–water partition coefficient (Wildman–Crippen LogP) is 3.85. The zero-order chi connectivity index (χ0) is 17.9. The van der Waals surface area contributed by atoms with Crippen LogP contribution in [0.15, 0.2) is 29.3 Å². The van der Waals surface area contributed by atoms with Crippen molar-refractivity contribution in [3.63, 3.8) is 0 Å². The second-order valence-corrected chi connectivity index (χ2v) is 8.37. The van der Waals surface area contributed by atoms with E-state index < -0.39 is 0 Å². The van der Waals surface area contributed by atoms with Crippen molar-refractivity contribution in [1.29, 1.82) is 0 Å². The van der Waals surface area contributed by atoms with Gasteiger partial charge in [0.2, 0.25) is 0 Å². The van der Waals surface area contributed by atoms with Gasteiger partial charge in [0, 0.05) is 41.9 Å². The molecular formula is C19H25ClN4S. The quantitative estimate of drug-likeness (QED) is 0.594. The van der Waals surface area contributed by atoms with Crippen LogP contribution in [0.3, 0.4) is 0 Å². The molecule has 4 nitrogen and oxygen atoms in total. The lowest BCUT2D eigenvalue weighted by Crippen LogP contribution is -2.41. The summed E-state index contributed by atoms with van der Waals surface area (Å²) >= 11 is 7.92. The molecule has 0 radical (unpaired) electrons. The number of halogens is 1. The summed E-state index contributed by atoms with van der Waals surface area (Å²) in [6, 6.07) is 8.21. The summed E-state index contributed by atoms with van der Waals surface area (Å²) < 4.78 is 0. The molecule has 0 bridgehead atoms. The van der Waals surface area contributed by atoms with E-state index >= 15 is 0 Å². The minimum Gasteiger partial charge on any atom is -0.356 e. The molecule has 3 rings (SSSR count). The number of hydrogen-bond acceptors (Lipinski definition) is 3. The zero-order valence-electron chi connectivity index (χ0n) is 15.0. The molecule has 0 amide bonds. The Morgan fingerprint density at radius 1 is 1.32 bits per heavy atom. The molecule has 1 aromatic carbocycles. The summed E-state index contributed by atoms with van der Waals surface area (Å²) in [5, 5.41) is 8.84. The maximum Gasteiger partial charge on any atom is 0.191 e. The highest BCUT2D eigenvalue weighted by Crippen LogP contribution is 2.48. The van der Waals surface area contributed by atoms with Crippen LogP contribution in [-0.4, -0.2) is 31.1 Å². The molecule has 1 aromatic heterocycles. The fraction of sp³-hybridized carbons (Fsp3) is 0.474. The smallest absolute Gasteiger partial charge is 0.191 e. The minimum atomic E-state index is 0.200. The van der Waals surface area contributed by atoms with E-state index in [2.05, 4.69) is 46.6 Å². The Hall–Kier alpha value is -1.59. The number of hydrogen-bond donors (Lipinski definition) is 2. The molecule has 1 heterocycles. The topological polar surface area (TPSA) is 49.3 Å². The van der Waals surface area contributed by atoms with Crippen LogP contribution >= 0.6 is 22.9 Å². The van der Waals surface area contributed by atoms with E-state index in [-0.39, 0.29) is 5.41 Å². The third-order valence-electron chi connectivity index (χ3n) is 4.81. The fourth-order valence-electron chi connectivity index (χ4n) is 2.94. The first-order chi connectivity index (χ1) is 12.0. The van der Waals surface area contributed by atoms with Gasteiger partial charge in [-0.25, -0.2) is 4.98 Å².